The molecule has 0 aliphatic heterocycles. The molecule has 18 heavy (non-hydrogen) atoms. The summed E-state index contributed by atoms with van der Waals surface area (Å²) in [5, 5.41) is 12.3. The highest BCUT2D eigenvalue weighted by Gasteiger charge is 2.03. The second-order valence-corrected chi connectivity index (χ2v) is 5.71. The molecule has 2 unspecified atom stereocenters. The van der Waals surface area contributed by atoms with Gasteiger partial charge in [-0.1, -0.05) is 71.1 Å². The molecule has 0 spiro atoms. The lowest BCUT2D eigenvalue weighted by Crippen LogP contribution is -2.33. The topological polar surface area (TPSA) is 32.3 Å². The maximum Gasteiger partial charge on any atom is 0.102 e. The zero-order valence-corrected chi connectivity index (χ0v) is 12.9. The summed E-state index contributed by atoms with van der Waals surface area (Å²) in [4.78, 5) is 0. The molecular formula is C16H35NO. The van der Waals surface area contributed by atoms with Crippen LogP contribution in [-0.4, -0.2) is 17.4 Å². The predicted molar refractivity (Wildman–Crippen MR) is 80.7 cm³/mol. The Bertz CT molecular complexity index is 159. The van der Waals surface area contributed by atoms with Crippen molar-refractivity contribution in [1.82, 2.24) is 5.32 Å². The summed E-state index contributed by atoms with van der Waals surface area (Å²) < 4.78 is 0. The van der Waals surface area contributed by atoms with Crippen molar-refractivity contribution >= 4 is 0 Å². The summed E-state index contributed by atoms with van der Waals surface area (Å²) in [6, 6.07) is 0.444. The fourth-order valence-corrected chi connectivity index (χ4v) is 2.43. The molecule has 0 rings (SSSR count). The van der Waals surface area contributed by atoms with Gasteiger partial charge in [0, 0.05) is 6.04 Å². The molecule has 0 heterocycles. The van der Waals surface area contributed by atoms with Crippen LogP contribution in [-0.2, 0) is 0 Å². The van der Waals surface area contributed by atoms with Crippen LogP contribution in [0.4, 0.5) is 0 Å². The Morgan fingerprint density at radius 3 is 1.67 bits per heavy atom. The van der Waals surface area contributed by atoms with Crippen LogP contribution >= 0.6 is 0 Å². The molecule has 0 aromatic carbocycles. The quantitative estimate of drug-likeness (QED) is 0.373. The van der Waals surface area contributed by atoms with Gasteiger partial charge in [-0.25, -0.2) is 0 Å². The Morgan fingerprint density at radius 2 is 1.22 bits per heavy atom. The minimum absolute atomic E-state index is 0.372. The first-order valence-corrected chi connectivity index (χ1v) is 8.11. The second kappa shape index (κ2) is 13.4. The molecule has 2 heteroatoms. The third-order valence-corrected chi connectivity index (χ3v) is 3.52. The molecule has 2 nitrogen and oxygen atoms in total. The highest BCUT2D eigenvalue weighted by atomic mass is 16.3. The Hall–Kier alpha value is -0.0800. The van der Waals surface area contributed by atoms with Gasteiger partial charge in [-0.15, -0.1) is 0 Å². The highest BCUT2D eigenvalue weighted by molar-refractivity contribution is 4.60. The molecule has 0 aliphatic carbocycles. The number of unbranched alkanes of at least 4 members (excludes halogenated alkanes) is 9. The molecule has 0 bridgehead atoms. The average molecular weight is 257 g/mol. The van der Waals surface area contributed by atoms with Crippen LogP contribution < -0.4 is 5.32 Å². The molecule has 2 atom stereocenters. The Kier molecular flexibility index (Phi) is 13.3. The van der Waals surface area contributed by atoms with E-state index in [1.165, 1.54) is 70.6 Å². The zero-order chi connectivity index (χ0) is 13.6. The maximum absolute atomic E-state index is 9.17. The van der Waals surface area contributed by atoms with Gasteiger partial charge in [-0.05, 0) is 20.3 Å². The van der Waals surface area contributed by atoms with E-state index in [2.05, 4.69) is 19.2 Å². The summed E-state index contributed by atoms with van der Waals surface area (Å²) in [5.74, 6) is 0. The monoisotopic (exact) mass is 257 g/mol. The van der Waals surface area contributed by atoms with Crippen LogP contribution in [0, 0.1) is 0 Å². The summed E-state index contributed by atoms with van der Waals surface area (Å²) >= 11 is 0. The van der Waals surface area contributed by atoms with Crippen molar-refractivity contribution in [3.8, 4) is 0 Å². The van der Waals surface area contributed by atoms with Crippen LogP contribution in [0.1, 0.15) is 91.4 Å². The van der Waals surface area contributed by atoms with E-state index in [0.29, 0.717) is 6.04 Å². The van der Waals surface area contributed by atoms with Crippen molar-refractivity contribution < 1.29 is 5.11 Å². The molecule has 0 radical (unpaired) electrons. The van der Waals surface area contributed by atoms with Crippen molar-refractivity contribution in [1.29, 1.82) is 0 Å². The first kappa shape index (κ1) is 17.9. The largest absolute Gasteiger partial charge is 0.379 e. The predicted octanol–water partition coefficient (Wildman–Crippen LogP) is 4.61. The molecule has 0 aliphatic rings. The van der Waals surface area contributed by atoms with Gasteiger partial charge in [0.2, 0.25) is 0 Å². The van der Waals surface area contributed by atoms with Gasteiger partial charge in [-0.3, -0.25) is 5.32 Å². The van der Waals surface area contributed by atoms with Crippen molar-refractivity contribution in [2.24, 2.45) is 0 Å². The van der Waals surface area contributed by atoms with E-state index in [-0.39, 0.29) is 6.23 Å². The lowest BCUT2D eigenvalue weighted by molar-refractivity contribution is 0.141. The Labute approximate surface area is 115 Å². The summed E-state index contributed by atoms with van der Waals surface area (Å²) in [6.07, 6.45) is 14.7. The SMILES string of the molecule is CCCCCCCCCCCCC(C)NC(C)O. The van der Waals surface area contributed by atoms with E-state index in [0.717, 1.165) is 0 Å². The van der Waals surface area contributed by atoms with Crippen molar-refractivity contribution in [2.75, 3.05) is 0 Å². The molecule has 0 amide bonds. The van der Waals surface area contributed by atoms with Gasteiger partial charge < -0.3 is 5.11 Å². The third-order valence-electron chi connectivity index (χ3n) is 3.52. The smallest absolute Gasteiger partial charge is 0.102 e. The van der Waals surface area contributed by atoms with Gasteiger partial charge in [0.15, 0.2) is 0 Å². The number of nitrogens with one attached hydrogen (secondary N) is 1. The van der Waals surface area contributed by atoms with Gasteiger partial charge in [0.05, 0.1) is 0 Å². The van der Waals surface area contributed by atoms with Crippen LogP contribution in [0.5, 0.6) is 0 Å². The number of hydrogen-bond acceptors (Lipinski definition) is 2. The first-order valence-electron chi connectivity index (χ1n) is 8.11. The summed E-state index contributed by atoms with van der Waals surface area (Å²) in [7, 11) is 0. The van der Waals surface area contributed by atoms with Gasteiger partial charge in [0.25, 0.3) is 0 Å². The lowest BCUT2D eigenvalue weighted by atomic mass is 10.0. The molecule has 0 aromatic rings. The minimum Gasteiger partial charge on any atom is -0.379 e. The van der Waals surface area contributed by atoms with Crippen molar-refractivity contribution in [3.63, 3.8) is 0 Å². The first-order chi connectivity index (χ1) is 8.66. The standard InChI is InChI=1S/C16H35NO/c1-4-5-6-7-8-9-10-11-12-13-14-15(2)17-16(3)18/h15-18H,4-14H2,1-3H3. The lowest BCUT2D eigenvalue weighted by Gasteiger charge is -2.15. The highest BCUT2D eigenvalue weighted by Crippen LogP contribution is 2.11. The summed E-state index contributed by atoms with van der Waals surface area (Å²) in [5.41, 5.74) is 0. The number of rotatable bonds is 13. The van der Waals surface area contributed by atoms with E-state index in [4.69, 9.17) is 0 Å². The van der Waals surface area contributed by atoms with Crippen molar-refractivity contribution in [3.05, 3.63) is 0 Å². The molecule has 0 saturated carbocycles. The molecule has 0 aromatic heterocycles. The second-order valence-electron chi connectivity index (χ2n) is 5.71. The summed E-state index contributed by atoms with van der Waals surface area (Å²) in [6.45, 7) is 6.21. The molecule has 0 fully saturated rings. The third kappa shape index (κ3) is 14.0. The van der Waals surface area contributed by atoms with Crippen LogP contribution in [0.2, 0.25) is 0 Å². The van der Waals surface area contributed by atoms with E-state index in [9.17, 15) is 5.11 Å². The van der Waals surface area contributed by atoms with Gasteiger partial charge in [-0.2, -0.15) is 0 Å². The van der Waals surface area contributed by atoms with Crippen LogP contribution in [0.15, 0.2) is 0 Å². The van der Waals surface area contributed by atoms with Crippen molar-refractivity contribution in [2.45, 2.75) is 104 Å². The zero-order valence-electron chi connectivity index (χ0n) is 12.9. The fourth-order valence-electron chi connectivity index (χ4n) is 2.43. The minimum atomic E-state index is -0.372. The van der Waals surface area contributed by atoms with E-state index in [1.54, 1.807) is 6.92 Å². The number of aliphatic hydroxyl groups is 1. The van der Waals surface area contributed by atoms with Gasteiger partial charge >= 0.3 is 0 Å². The van der Waals surface area contributed by atoms with Gasteiger partial charge in [0.1, 0.15) is 6.23 Å². The number of hydrogen-bond donors (Lipinski definition) is 2. The van der Waals surface area contributed by atoms with Crippen LogP contribution in [0.25, 0.3) is 0 Å². The Morgan fingerprint density at radius 1 is 0.778 bits per heavy atom. The van der Waals surface area contributed by atoms with E-state index in [1.807, 2.05) is 0 Å². The fraction of sp³-hybridized carbons (Fsp3) is 1.00. The molecular weight excluding hydrogens is 222 g/mol. The number of aliphatic hydroxyl groups excluding tert-OH is 1. The Balaban J connectivity index is 3.07. The average Bonchev–Trinajstić information content (AvgIpc) is 2.30. The maximum atomic E-state index is 9.17. The molecule has 110 valence electrons. The van der Waals surface area contributed by atoms with E-state index >= 15 is 0 Å². The van der Waals surface area contributed by atoms with Crippen LogP contribution in [0.3, 0.4) is 0 Å². The normalized spacial score (nSPS) is 14.7. The molecule has 2 N–H and O–H groups in total. The van der Waals surface area contributed by atoms with E-state index < -0.39 is 0 Å². The molecule has 0 saturated heterocycles.